The van der Waals surface area contributed by atoms with Crippen LogP contribution in [0.15, 0.2) is 42.9 Å². The van der Waals surface area contributed by atoms with Gasteiger partial charge in [-0.2, -0.15) is 0 Å². The molecule has 2 aromatic heterocycles. The molecule has 0 spiro atoms. The van der Waals surface area contributed by atoms with E-state index in [1.807, 2.05) is 17.7 Å². The largest absolute Gasteiger partial charge is 0.471 e. The van der Waals surface area contributed by atoms with E-state index >= 15 is 0 Å². The Morgan fingerprint density at radius 3 is 2.71 bits per heavy atom. The third-order valence-electron chi connectivity index (χ3n) is 3.13. The molecule has 0 atom stereocenters. The van der Waals surface area contributed by atoms with Gasteiger partial charge in [-0.3, -0.25) is 10.1 Å². The summed E-state index contributed by atoms with van der Waals surface area (Å²) in [6.45, 7) is 0.278. The fourth-order valence-corrected chi connectivity index (χ4v) is 2.01. The lowest BCUT2D eigenvalue weighted by Crippen LogP contribution is -1.98. The van der Waals surface area contributed by atoms with Crippen LogP contribution in [0.2, 0.25) is 0 Å². The van der Waals surface area contributed by atoms with Crippen molar-refractivity contribution in [3.05, 3.63) is 58.5 Å². The molecule has 1 aromatic carbocycles. The number of ether oxygens (including phenoxy) is 1. The van der Waals surface area contributed by atoms with Crippen LogP contribution in [0.3, 0.4) is 0 Å². The summed E-state index contributed by atoms with van der Waals surface area (Å²) >= 11 is 0. The van der Waals surface area contributed by atoms with Gasteiger partial charge in [0.05, 0.1) is 16.8 Å². The maximum atomic E-state index is 10.6. The number of hydrogen-bond donors (Lipinski definition) is 0. The number of nitro groups is 1. The van der Waals surface area contributed by atoms with Crippen LogP contribution in [0.25, 0.3) is 11.0 Å². The van der Waals surface area contributed by atoms with Crippen LogP contribution in [0, 0.1) is 10.1 Å². The van der Waals surface area contributed by atoms with Gasteiger partial charge in [0.15, 0.2) is 5.52 Å². The molecule has 7 nitrogen and oxygen atoms in total. The molecule has 0 saturated carbocycles. The number of aryl methyl sites for hydroxylation is 1. The Labute approximate surface area is 120 Å². The summed E-state index contributed by atoms with van der Waals surface area (Å²) in [7, 11) is 1.90. The normalized spacial score (nSPS) is 10.7. The molecular formula is C14H12N4O3. The number of nitro benzene ring substituents is 1. The molecule has 0 unspecified atom stereocenters. The number of pyridine rings is 1. The van der Waals surface area contributed by atoms with Crippen molar-refractivity contribution in [3.63, 3.8) is 0 Å². The SMILES string of the molecule is Cn1cnc2c(OCc3ccc([N+](=O)[O-])cc3)nccc21. The van der Waals surface area contributed by atoms with Crippen molar-refractivity contribution in [3.8, 4) is 5.88 Å². The average molecular weight is 284 g/mol. The summed E-state index contributed by atoms with van der Waals surface area (Å²) in [6, 6.07) is 8.09. The number of benzene rings is 1. The molecule has 21 heavy (non-hydrogen) atoms. The molecule has 0 aliphatic rings. The van der Waals surface area contributed by atoms with E-state index < -0.39 is 4.92 Å². The molecule has 0 amide bonds. The fourth-order valence-electron chi connectivity index (χ4n) is 2.01. The molecule has 3 aromatic rings. The van der Waals surface area contributed by atoms with E-state index in [1.165, 1.54) is 12.1 Å². The summed E-state index contributed by atoms with van der Waals surface area (Å²) < 4.78 is 7.55. The number of fused-ring (bicyclic) bond motifs is 1. The Morgan fingerprint density at radius 1 is 1.24 bits per heavy atom. The van der Waals surface area contributed by atoms with Gasteiger partial charge in [0.1, 0.15) is 6.61 Å². The van der Waals surface area contributed by atoms with Crippen molar-refractivity contribution >= 4 is 16.7 Å². The molecule has 0 aliphatic heterocycles. The van der Waals surface area contributed by atoms with E-state index in [9.17, 15) is 10.1 Å². The van der Waals surface area contributed by atoms with Crippen molar-refractivity contribution in [2.45, 2.75) is 6.61 Å². The molecule has 0 fully saturated rings. The maximum Gasteiger partial charge on any atom is 0.269 e. The third-order valence-corrected chi connectivity index (χ3v) is 3.13. The zero-order valence-corrected chi connectivity index (χ0v) is 11.3. The van der Waals surface area contributed by atoms with Crippen LogP contribution in [0.5, 0.6) is 5.88 Å². The minimum Gasteiger partial charge on any atom is -0.471 e. The van der Waals surface area contributed by atoms with Gasteiger partial charge in [0.2, 0.25) is 5.88 Å². The molecule has 0 radical (unpaired) electrons. The van der Waals surface area contributed by atoms with Gasteiger partial charge in [-0.05, 0) is 23.8 Å². The number of non-ortho nitro benzene ring substituents is 1. The summed E-state index contributed by atoms with van der Waals surface area (Å²) in [4.78, 5) is 18.6. The summed E-state index contributed by atoms with van der Waals surface area (Å²) in [6.07, 6.45) is 3.36. The van der Waals surface area contributed by atoms with E-state index in [4.69, 9.17) is 4.74 Å². The molecular weight excluding hydrogens is 272 g/mol. The number of hydrogen-bond acceptors (Lipinski definition) is 5. The molecule has 0 aliphatic carbocycles. The number of rotatable bonds is 4. The van der Waals surface area contributed by atoms with Gasteiger partial charge in [-0.25, -0.2) is 9.97 Å². The molecule has 106 valence electrons. The van der Waals surface area contributed by atoms with Gasteiger partial charge in [-0.1, -0.05) is 0 Å². The second kappa shape index (κ2) is 5.20. The zero-order valence-electron chi connectivity index (χ0n) is 11.3. The van der Waals surface area contributed by atoms with Crippen molar-refractivity contribution in [1.82, 2.24) is 14.5 Å². The molecule has 3 rings (SSSR count). The number of imidazole rings is 1. The Morgan fingerprint density at radius 2 is 2.00 bits per heavy atom. The maximum absolute atomic E-state index is 10.6. The van der Waals surface area contributed by atoms with Crippen molar-refractivity contribution in [1.29, 1.82) is 0 Å². The predicted molar refractivity (Wildman–Crippen MR) is 75.9 cm³/mol. The van der Waals surface area contributed by atoms with Gasteiger partial charge in [0.25, 0.3) is 5.69 Å². The van der Waals surface area contributed by atoms with Gasteiger partial charge < -0.3 is 9.30 Å². The van der Waals surface area contributed by atoms with Crippen molar-refractivity contribution in [2.24, 2.45) is 7.05 Å². The molecule has 0 saturated heterocycles. The minimum absolute atomic E-state index is 0.0590. The summed E-state index contributed by atoms with van der Waals surface area (Å²) in [5, 5.41) is 10.6. The lowest BCUT2D eigenvalue weighted by atomic mass is 10.2. The van der Waals surface area contributed by atoms with E-state index in [0.717, 1.165) is 11.1 Å². The van der Waals surface area contributed by atoms with Crippen LogP contribution in [0.1, 0.15) is 5.56 Å². The fraction of sp³-hybridized carbons (Fsp3) is 0.143. The summed E-state index contributed by atoms with van der Waals surface area (Å²) in [5.41, 5.74) is 2.52. The first-order valence-corrected chi connectivity index (χ1v) is 6.27. The standard InChI is InChI=1S/C14H12N4O3/c1-17-9-16-13-12(17)6-7-15-14(13)21-8-10-2-4-11(5-3-10)18(19)20/h2-7,9H,8H2,1H3. The lowest BCUT2D eigenvalue weighted by molar-refractivity contribution is -0.384. The highest BCUT2D eigenvalue weighted by Gasteiger charge is 2.09. The van der Waals surface area contributed by atoms with E-state index in [-0.39, 0.29) is 12.3 Å². The van der Waals surface area contributed by atoms with Gasteiger partial charge in [0, 0.05) is 25.4 Å². The van der Waals surface area contributed by atoms with Crippen LogP contribution in [-0.2, 0) is 13.7 Å². The van der Waals surface area contributed by atoms with E-state index in [1.54, 1.807) is 24.7 Å². The van der Waals surface area contributed by atoms with Crippen LogP contribution < -0.4 is 4.74 Å². The first kappa shape index (κ1) is 13.0. The highest BCUT2D eigenvalue weighted by Crippen LogP contribution is 2.22. The molecule has 0 N–H and O–H groups in total. The third kappa shape index (κ3) is 2.53. The Hall–Kier alpha value is -2.96. The first-order chi connectivity index (χ1) is 10.1. The number of aromatic nitrogens is 3. The average Bonchev–Trinajstić information content (AvgIpc) is 2.88. The van der Waals surface area contributed by atoms with Crippen LogP contribution in [-0.4, -0.2) is 19.5 Å². The topological polar surface area (TPSA) is 83.1 Å². The second-order valence-corrected chi connectivity index (χ2v) is 4.55. The van der Waals surface area contributed by atoms with Crippen LogP contribution in [0.4, 0.5) is 5.69 Å². The second-order valence-electron chi connectivity index (χ2n) is 4.55. The Balaban J connectivity index is 1.78. The zero-order chi connectivity index (χ0) is 14.8. The lowest BCUT2D eigenvalue weighted by Gasteiger charge is -2.06. The first-order valence-electron chi connectivity index (χ1n) is 6.27. The molecule has 2 heterocycles. The molecule has 0 bridgehead atoms. The minimum atomic E-state index is -0.430. The Bertz CT molecular complexity index is 796. The highest BCUT2D eigenvalue weighted by molar-refractivity contribution is 5.79. The van der Waals surface area contributed by atoms with Crippen LogP contribution >= 0.6 is 0 Å². The van der Waals surface area contributed by atoms with Gasteiger partial charge >= 0.3 is 0 Å². The van der Waals surface area contributed by atoms with Crippen molar-refractivity contribution in [2.75, 3.05) is 0 Å². The van der Waals surface area contributed by atoms with E-state index in [2.05, 4.69) is 9.97 Å². The predicted octanol–water partition coefficient (Wildman–Crippen LogP) is 2.46. The quantitative estimate of drug-likeness (QED) is 0.543. The molecule has 7 heteroatoms. The van der Waals surface area contributed by atoms with Crippen molar-refractivity contribution < 1.29 is 9.66 Å². The summed E-state index contributed by atoms with van der Waals surface area (Å²) in [5.74, 6) is 0.450. The smallest absolute Gasteiger partial charge is 0.269 e. The highest BCUT2D eigenvalue weighted by atomic mass is 16.6. The van der Waals surface area contributed by atoms with Gasteiger partial charge in [-0.15, -0.1) is 0 Å². The van der Waals surface area contributed by atoms with E-state index in [0.29, 0.717) is 11.4 Å². The monoisotopic (exact) mass is 284 g/mol. The Kier molecular flexibility index (Phi) is 3.23. The number of nitrogens with zero attached hydrogens (tertiary/aromatic N) is 4.